The fourth-order valence-electron chi connectivity index (χ4n) is 2.15. The number of nitrogens with zero attached hydrogens (tertiary/aromatic N) is 1. The zero-order chi connectivity index (χ0) is 16.0. The van der Waals surface area contributed by atoms with Gasteiger partial charge in [0.15, 0.2) is 0 Å². The molecule has 2 N–H and O–H groups in total. The number of aliphatic hydroxyl groups excluding tert-OH is 1. The van der Waals surface area contributed by atoms with Crippen molar-refractivity contribution < 1.29 is 18.3 Å². The van der Waals surface area contributed by atoms with Crippen LogP contribution in [0.5, 0.6) is 0 Å². The maximum absolute atomic E-state index is 12.8. The molecule has 0 saturated carbocycles. The number of nitrogens with one attached hydrogen (secondary N) is 1. The van der Waals surface area contributed by atoms with E-state index in [4.69, 9.17) is 0 Å². The van der Waals surface area contributed by atoms with Crippen molar-refractivity contribution >= 4 is 0 Å². The largest absolute Gasteiger partial charge is 0.418 e. The van der Waals surface area contributed by atoms with Crippen LogP contribution in [-0.4, -0.2) is 22.7 Å². The van der Waals surface area contributed by atoms with Crippen LogP contribution in [0.15, 0.2) is 48.7 Å². The van der Waals surface area contributed by atoms with Gasteiger partial charge in [0.1, 0.15) is 0 Å². The highest BCUT2D eigenvalue weighted by Crippen LogP contribution is 2.30. The van der Waals surface area contributed by atoms with Gasteiger partial charge in [-0.1, -0.05) is 30.3 Å². The van der Waals surface area contributed by atoms with Gasteiger partial charge < -0.3 is 10.4 Å². The predicted molar refractivity (Wildman–Crippen MR) is 77.1 cm³/mol. The van der Waals surface area contributed by atoms with Crippen molar-refractivity contribution in [1.29, 1.82) is 0 Å². The standard InChI is InChI=1S/C16H17F3N2O/c17-16(18,19)14-7-4-8-21-15(14)11-20-10-13(22)9-12-5-2-1-3-6-12/h1-8,13,20,22H,9-11H2. The SMILES string of the molecule is OC(CNCc1ncccc1C(F)(F)F)Cc1ccccc1. The molecule has 0 fully saturated rings. The number of rotatable bonds is 6. The number of hydrogen-bond acceptors (Lipinski definition) is 3. The Morgan fingerprint density at radius 3 is 2.50 bits per heavy atom. The molecular weight excluding hydrogens is 293 g/mol. The highest BCUT2D eigenvalue weighted by molar-refractivity contribution is 5.22. The lowest BCUT2D eigenvalue weighted by Gasteiger charge is -2.14. The molecule has 2 aromatic rings. The van der Waals surface area contributed by atoms with Gasteiger partial charge in [0.05, 0.1) is 17.4 Å². The Morgan fingerprint density at radius 2 is 1.82 bits per heavy atom. The molecule has 0 saturated heterocycles. The lowest BCUT2D eigenvalue weighted by Crippen LogP contribution is -2.29. The van der Waals surface area contributed by atoms with Crippen LogP contribution in [0.25, 0.3) is 0 Å². The molecule has 0 aliphatic heterocycles. The summed E-state index contributed by atoms with van der Waals surface area (Å²) in [7, 11) is 0. The highest BCUT2D eigenvalue weighted by Gasteiger charge is 2.33. The van der Waals surface area contributed by atoms with Crippen molar-refractivity contribution in [1.82, 2.24) is 10.3 Å². The van der Waals surface area contributed by atoms with Gasteiger partial charge in [-0.3, -0.25) is 4.98 Å². The second kappa shape index (κ2) is 7.38. The predicted octanol–water partition coefficient (Wildman–Crippen LogP) is 2.79. The maximum atomic E-state index is 12.8. The number of halogens is 3. The van der Waals surface area contributed by atoms with E-state index in [1.165, 1.54) is 12.3 Å². The fraction of sp³-hybridized carbons (Fsp3) is 0.312. The van der Waals surface area contributed by atoms with E-state index in [0.29, 0.717) is 6.42 Å². The van der Waals surface area contributed by atoms with Crippen molar-refractivity contribution in [2.75, 3.05) is 6.54 Å². The van der Waals surface area contributed by atoms with Gasteiger partial charge in [-0.15, -0.1) is 0 Å². The Hall–Kier alpha value is -1.92. The zero-order valence-electron chi connectivity index (χ0n) is 11.8. The van der Waals surface area contributed by atoms with Crippen LogP contribution in [0, 0.1) is 0 Å². The Labute approximate surface area is 126 Å². The van der Waals surface area contributed by atoms with Gasteiger partial charge in [-0.25, -0.2) is 0 Å². The molecule has 22 heavy (non-hydrogen) atoms. The fourth-order valence-corrected chi connectivity index (χ4v) is 2.15. The van der Waals surface area contributed by atoms with Crippen molar-refractivity contribution in [2.45, 2.75) is 25.2 Å². The maximum Gasteiger partial charge on any atom is 0.418 e. The van der Waals surface area contributed by atoms with Crippen LogP contribution >= 0.6 is 0 Å². The second-order valence-electron chi connectivity index (χ2n) is 4.97. The van der Waals surface area contributed by atoms with Crippen LogP contribution in [0.4, 0.5) is 13.2 Å². The molecule has 3 nitrogen and oxygen atoms in total. The molecule has 1 unspecified atom stereocenters. The number of benzene rings is 1. The van der Waals surface area contributed by atoms with Crippen molar-refractivity contribution in [3.05, 3.63) is 65.5 Å². The molecule has 0 spiro atoms. The summed E-state index contributed by atoms with van der Waals surface area (Å²) in [6.07, 6.45) is -3.32. The minimum Gasteiger partial charge on any atom is -0.391 e. The van der Waals surface area contributed by atoms with E-state index in [1.807, 2.05) is 30.3 Å². The van der Waals surface area contributed by atoms with Gasteiger partial charge in [0, 0.05) is 19.3 Å². The summed E-state index contributed by atoms with van der Waals surface area (Å²) < 4.78 is 38.4. The Kier molecular flexibility index (Phi) is 5.51. The molecule has 0 radical (unpaired) electrons. The summed E-state index contributed by atoms with van der Waals surface area (Å²) in [5.74, 6) is 0. The Bertz CT molecular complexity index is 587. The molecule has 0 bridgehead atoms. The van der Waals surface area contributed by atoms with Crippen LogP contribution in [0.2, 0.25) is 0 Å². The third-order valence-corrected chi connectivity index (χ3v) is 3.18. The molecule has 6 heteroatoms. The van der Waals surface area contributed by atoms with E-state index in [9.17, 15) is 18.3 Å². The quantitative estimate of drug-likeness (QED) is 0.862. The molecule has 0 aliphatic carbocycles. The minimum absolute atomic E-state index is 0.0401. The molecule has 0 aliphatic rings. The molecule has 1 heterocycles. The van der Waals surface area contributed by atoms with Crippen LogP contribution in [-0.2, 0) is 19.1 Å². The zero-order valence-corrected chi connectivity index (χ0v) is 11.8. The molecule has 1 aromatic heterocycles. The van der Waals surface area contributed by atoms with Crippen LogP contribution < -0.4 is 5.32 Å². The highest BCUT2D eigenvalue weighted by atomic mass is 19.4. The van der Waals surface area contributed by atoms with E-state index in [-0.39, 0.29) is 18.8 Å². The summed E-state index contributed by atoms with van der Waals surface area (Å²) in [5, 5.41) is 12.7. The topological polar surface area (TPSA) is 45.1 Å². The molecule has 1 atom stereocenters. The molecule has 118 valence electrons. The number of aromatic nitrogens is 1. The first kappa shape index (κ1) is 16.5. The van der Waals surface area contributed by atoms with E-state index >= 15 is 0 Å². The lowest BCUT2D eigenvalue weighted by atomic mass is 10.1. The summed E-state index contributed by atoms with van der Waals surface area (Å²) in [6, 6.07) is 11.7. The monoisotopic (exact) mass is 310 g/mol. The summed E-state index contributed by atoms with van der Waals surface area (Å²) in [5.41, 5.74) is 0.160. The lowest BCUT2D eigenvalue weighted by molar-refractivity contribution is -0.138. The van der Waals surface area contributed by atoms with E-state index in [1.54, 1.807) is 0 Å². The van der Waals surface area contributed by atoms with Crippen LogP contribution in [0.3, 0.4) is 0 Å². The van der Waals surface area contributed by atoms with E-state index in [2.05, 4.69) is 10.3 Å². The Morgan fingerprint density at radius 1 is 1.09 bits per heavy atom. The van der Waals surface area contributed by atoms with E-state index in [0.717, 1.165) is 11.6 Å². The molecular formula is C16H17F3N2O. The average Bonchev–Trinajstić information content (AvgIpc) is 2.48. The summed E-state index contributed by atoms with van der Waals surface area (Å²) in [4.78, 5) is 3.76. The number of aliphatic hydroxyl groups is 1. The number of alkyl halides is 3. The Balaban J connectivity index is 1.86. The minimum atomic E-state index is -4.42. The number of hydrogen-bond donors (Lipinski definition) is 2. The van der Waals surface area contributed by atoms with E-state index < -0.39 is 17.8 Å². The normalized spacial score (nSPS) is 13.1. The summed E-state index contributed by atoms with van der Waals surface area (Å²) >= 11 is 0. The third kappa shape index (κ3) is 4.82. The van der Waals surface area contributed by atoms with Crippen molar-refractivity contribution in [3.8, 4) is 0 Å². The first-order valence-electron chi connectivity index (χ1n) is 6.90. The smallest absolute Gasteiger partial charge is 0.391 e. The average molecular weight is 310 g/mol. The van der Waals surface area contributed by atoms with Gasteiger partial charge >= 0.3 is 6.18 Å². The van der Waals surface area contributed by atoms with Gasteiger partial charge in [-0.05, 0) is 24.1 Å². The number of pyridine rings is 1. The summed E-state index contributed by atoms with van der Waals surface area (Å²) in [6.45, 7) is 0.157. The van der Waals surface area contributed by atoms with Gasteiger partial charge in [-0.2, -0.15) is 13.2 Å². The second-order valence-corrected chi connectivity index (χ2v) is 4.97. The first-order chi connectivity index (χ1) is 10.5. The van der Waals surface area contributed by atoms with Crippen molar-refractivity contribution in [2.24, 2.45) is 0 Å². The third-order valence-electron chi connectivity index (χ3n) is 3.18. The first-order valence-corrected chi connectivity index (χ1v) is 6.90. The molecule has 2 rings (SSSR count). The van der Waals surface area contributed by atoms with Gasteiger partial charge in [0.2, 0.25) is 0 Å². The molecule has 0 amide bonds. The van der Waals surface area contributed by atoms with Crippen LogP contribution in [0.1, 0.15) is 16.8 Å². The van der Waals surface area contributed by atoms with Crippen molar-refractivity contribution in [3.63, 3.8) is 0 Å². The van der Waals surface area contributed by atoms with Gasteiger partial charge in [0.25, 0.3) is 0 Å². The molecule has 1 aromatic carbocycles.